The van der Waals surface area contributed by atoms with Gasteiger partial charge in [0.15, 0.2) is 62.3 Å². The van der Waals surface area contributed by atoms with Crippen LogP contribution in [0.4, 0.5) is 0 Å². The maximum Gasteiger partial charge on any atom is 0.336 e. The van der Waals surface area contributed by atoms with Crippen molar-refractivity contribution >= 4 is 17.9 Å². The van der Waals surface area contributed by atoms with E-state index in [4.69, 9.17) is 85.3 Å². The predicted octanol–water partition coefficient (Wildman–Crippen LogP) is -3.75. The van der Waals surface area contributed by atoms with E-state index in [0.29, 0.717) is 44.9 Å². The highest BCUT2D eigenvalue weighted by Crippen LogP contribution is 2.76. The van der Waals surface area contributed by atoms with Gasteiger partial charge < -0.3 is 198 Å². The lowest BCUT2D eigenvalue weighted by Gasteiger charge is -2.72. The predicted molar refractivity (Wildman–Crippen MR) is 465 cm³/mol. The molecule has 13 aliphatic rings. The van der Waals surface area contributed by atoms with Crippen LogP contribution in [-0.2, 0) is 99.6 Å². The Hall–Kier alpha value is -4.37. The standard InChI is InChI=1S/C94H148O43/c1-15-89(10,118)25-17-19-40(3)76(115)131-72-56(101)41(4)126-83(75(72)132-77(116)43(33-95)20-18-26-90(11,119)16-2)125-39-51-61(106)63(108)74(136-82-68(113)64(109)70(42(5)127-82)133-81-69(114)71(49(99)37-123-81)134-79-66(111)58(103)47(97)35-121-79)85(129-51)137-86(117)94-30-29-87(6,7)31-45(94)44-21-22-53-91(12)27-24-55(88(8,9)52(91)23-28-92(53,13)93(44,14)32-54(94)100)130-84-73(135-80-67(112)59(104)48(98)36-122-80)62(107)60(105)50(128-84)38-124-78-65(110)57(102)46(96)34-120-78/h15-16,19-21,41-42,45-75,78-85,95-114,118-119H,1-2,17-18,22-39H2,3-14H3. The van der Waals surface area contributed by atoms with Gasteiger partial charge in [-0.05, 0) is 163 Å². The Bertz CT molecular complexity index is 4190. The molecular formula is C94H148O43. The van der Waals surface area contributed by atoms with Crippen molar-refractivity contribution in [3.63, 3.8) is 0 Å². The third-order valence-corrected chi connectivity index (χ3v) is 32.4. The van der Waals surface area contributed by atoms with Crippen molar-refractivity contribution in [2.75, 3.05) is 46.2 Å². The molecular weight excluding hydrogens is 1820 g/mol. The molecule has 13 rings (SSSR count). The molecule has 8 saturated heterocycles. The van der Waals surface area contributed by atoms with Gasteiger partial charge in [0.1, 0.15) is 146 Å². The molecule has 12 fully saturated rings. The Morgan fingerprint density at radius 3 is 1.52 bits per heavy atom. The largest absolute Gasteiger partial charge is 0.452 e. The molecule has 0 radical (unpaired) electrons. The van der Waals surface area contributed by atoms with Gasteiger partial charge in [0.2, 0.25) is 6.29 Å². The third-order valence-electron chi connectivity index (χ3n) is 32.4. The van der Waals surface area contributed by atoms with Crippen molar-refractivity contribution in [1.82, 2.24) is 0 Å². The average molecular weight is 1970 g/mol. The van der Waals surface area contributed by atoms with E-state index in [1.165, 1.54) is 58.9 Å². The zero-order valence-corrected chi connectivity index (χ0v) is 79.5. The summed E-state index contributed by atoms with van der Waals surface area (Å²) in [7, 11) is 0. The first-order chi connectivity index (χ1) is 64.1. The van der Waals surface area contributed by atoms with Crippen LogP contribution in [0.2, 0.25) is 0 Å². The fourth-order valence-electron chi connectivity index (χ4n) is 23.4. The fraction of sp³-hybridized carbons (Fsp3) is 0.862. The van der Waals surface area contributed by atoms with Crippen LogP contribution in [-0.4, -0.2) is 421 Å². The number of allylic oxidation sites excluding steroid dienone is 4. The van der Waals surface area contributed by atoms with Gasteiger partial charge in [-0.25, -0.2) is 9.59 Å². The second-order valence-corrected chi connectivity index (χ2v) is 42.6. The van der Waals surface area contributed by atoms with Gasteiger partial charge in [0, 0.05) is 5.57 Å². The van der Waals surface area contributed by atoms with Gasteiger partial charge >= 0.3 is 17.9 Å². The van der Waals surface area contributed by atoms with Gasteiger partial charge in [-0.2, -0.15) is 0 Å². The minimum absolute atomic E-state index is 0.00523. The van der Waals surface area contributed by atoms with Crippen LogP contribution in [0, 0.1) is 50.2 Å². The third kappa shape index (κ3) is 22.1. The van der Waals surface area contributed by atoms with Crippen LogP contribution in [0.25, 0.3) is 0 Å². The van der Waals surface area contributed by atoms with Crippen molar-refractivity contribution in [3.05, 3.63) is 60.3 Å². The maximum atomic E-state index is 16.6. The quantitative estimate of drug-likeness (QED) is 0.0104. The smallest absolute Gasteiger partial charge is 0.336 e. The van der Waals surface area contributed by atoms with E-state index >= 15 is 4.79 Å². The van der Waals surface area contributed by atoms with Crippen LogP contribution in [0.5, 0.6) is 0 Å². The zero-order chi connectivity index (χ0) is 101. The highest BCUT2D eigenvalue weighted by atomic mass is 16.8. The number of hydrogen-bond donors (Lipinski definition) is 22. The summed E-state index contributed by atoms with van der Waals surface area (Å²) in [4.78, 5) is 45.1. The second-order valence-electron chi connectivity index (χ2n) is 42.6. The second kappa shape index (κ2) is 43.3. The number of rotatable bonds is 31. The molecule has 137 heavy (non-hydrogen) atoms. The molecule has 47 atom stereocenters. The van der Waals surface area contributed by atoms with Crippen molar-refractivity contribution in [2.45, 2.75) is 411 Å². The van der Waals surface area contributed by atoms with Gasteiger partial charge in [0.05, 0.1) is 87.4 Å². The van der Waals surface area contributed by atoms with Crippen LogP contribution in [0.3, 0.4) is 0 Å². The van der Waals surface area contributed by atoms with E-state index in [2.05, 4.69) is 67.7 Å². The molecule has 0 aromatic rings. The van der Waals surface area contributed by atoms with Gasteiger partial charge in [-0.15, -0.1) is 13.2 Å². The summed E-state index contributed by atoms with van der Waals surface area (Å²) < 4.78 is 110. The molecule has 782 valence electrons. The minimum Gasteiger partial charge on any atom is -0.452 e. The van der Waals surface area contributed by atoms with Crippen LogP contribution in [0.1, 0.15) is 167 Å². The molecule has 5 aliphatic carbocycles. The van der Waals surface area contributed by atoms with E-state index in [0.717, 1.165) is 5.57 Å². The Balaban J connectivity index is 0.790. The summed E-state index contributed by atoms with van der Waals surface area (Å²) in [6, 6.07) is 0. The Morgan fingerprint density at radius 2 is 0.942 bits per heavy atom. The molecule has 0 aromatic carbocycles. The summed E-state index contributed by atoms with van der Waals surface area (Å²) in [5, 5.41) is 248. The van der Waals surface area contributed by atoms with Crippen molar-refractivity contribution in [2.24, 2.45) is 50.2 Å². The monoisotopic (exact) mass is 1960 g/mol. The summed E-state index contributed by atoms with van der Waals surface area (Å²) in [6.07, 6.45) is -55.5. The highest BCUT2D eigenvalue weighted by Gasteiger charge is 2.73. The molecule has 22 N–H and O–H groups in total. The number of aliphatic hydroxyl groups is 22. The molecule has 0 spiro atoms. The molecule has 43 nitrogen and oxygen atoms in total. The number of aliphatic hydroxyl groups excluding tert-OH is 20. The lowest BCUT2D eigenvalue weighted by molar-refractivity contribution is -0.381. The zero-order valence-electron chi connectivity index (χ0n) is 79.5. The summed E-state index contributed by atoms with van der Waals surface area (Å²) in [6.45, 7) is 24.8. The average Bonchev–Trinajstić information content (AvgIpc) is 0.668. The van der Waals surface area contributed by atoms with E-state index in [1.54, 1.807) is 0 Å². The van der Waals surface area contributed by atoms with Gasteiger partial charge in [-0.3, -0.25) is 4.79 Å². The first kappa shape index (κ1) is 110. The Kier molecular flexibility index (Phi) is 34.8. The van der Waals surface area contributed by atoms with Gasteiger partial charge in [0.25, 0.3) is 0 Å². The molecule has 4 saturated carbocycles. The van der Waals surface area contributed by atoms with E-state index in [1.807, 2.05) is 0 Å². The number of hydrogen-bond acceptors (Lipinski definition) is 43. The van der Waals surface area contributed by atoms with Crippen molar-refractivity contribution < 1.29 is 212 Å². The van der Waals surface area contributed by atoms with Crippen LogP contribution < -0.4 is 0 Å². The molecule has 8 heterocycles. The fourth-order valence-corrected chi connectivity index (χ4v) is 23.4. The normalized spacial score (nSPS) is 48.3. The SMILES string of the molecule is C=CC(C)(O)CCC=C(C)C(=O)OC1C(O)C(C)OC(OCC2OC(OC(=O)C34CCC(C)(C)CC3C3=CCC5C6(C)CCC(OC7OC(COC8OCC(O)C(O)C8O)C(O)C(O)C7OC7OCC(O)C(O)C7O)C(C)(C)C6CCC5(C)C3(C)CC4O)C(OC3OC(C)C(OC4OCC(O)C(OC5OCC(O)C(O)C5O)C4O)C(O)C3O)C(O)C2O)C1OC(=O)C(=CCCC(C)(O)C=C)CO. The molecule has 8 aliphatic heterocycles. The molecule has 0 aromatic heterocycles. The van der Waals surface area contributed by atoms with E-state index in [9.17, 15) is 122 Å². The number of ether oxygens (including phenoxy) is 18. The summed E-state index contributed by atoms with van der Waals surface area (Å²) >= 11 is 0. The van der Waals surface area contributed by atoms with E-state index < -0.39 is 347 Å². The van der Waals surface area contributed by atoms with Crippen molar-refractivity contribution in [3.8, 4) is 0 Å². The van der Waals surface area contributed by atoms with Gasteiger partial charge in [-0.1, -0.05) is 84.4 Å². The highest BCUT2D eigenvalue weighted by molar-refractivity contribution is 5.89. The van der Waals surface area contributed by atoms with Crippen LogP contribution in [0.15, 0.2) is 60.3 Å². The Morgan fingerprint density at radius 1 is 0.460 bits per heavy atom. The summed E-state index contributed by atoms with van der Waals surface area (Å²) in [5.41, 5.74) is -7.36. The number of fused-ring (bicyclic) bond motifs is 7. The van der Waals surface area contributed by atoms with Crippen LogP contribution >= 0.6 is 0 Å². The minimum atomic E-state index is -2.29. The molecule has 43 heteroatoms. The van der Waals surface area contributed by atoms with E-state index in [-0.39, 0.29) is 61.5 Å². The molecule has 0 amide bonds. The first-order valence-corrected chi connectivity index (χ1v) is 47.7. The molecule has 47 unspecified atom stereocenters. The van der Waals surface area contributed by atoms with Crippen molar-refractivity contribution in [1.29, 1.82) is 0 Å². The topological polar surface area (TPSA) is 662 Å². The number of carbonyl (C=O) groups is 3. The summed E-state index contributed by atoms with van der Waals surface area (Å²) in [5.74, 6) is -4.38. The Labute approximate surface area is 794 Å². The lowest BCUT2D eigenvalue weighted by atomic mass is 9.33. The first-order valence-electron chi connectivity index (χ1n) is 47.7. The number of esters is 3. The lowest BCUT2D eigenvalue weighted by Crippen LogP contribution is -2.69. The number of carbonyl (C=O) groups excluding carboxylic acids is 3. The molecule has 0 bridgehead atoms. The maximum absolute atomic E-state index is 16.6.